The molecule has 0 radical (unpaired) electrons. The van der Waals surface area contributed by atoms with E-state index in [0.717, 1.165) is 23.3 Å². The molecule has 3 nitrogen and oxygen atoms in total. The second kappa shape index (κ2) is 7.22. The van der Waals surface area contributed by atoms with Crippen LogP contribution in [0.3, 0.4) is 0 Å². The van der Waals surface area contributed by atoms with Crippen LogP contribution in [0.25, 0.3) is 0 Å². The molecule has 1 fully saturated rings. The number of rotatable bonds is 5. The summed E-state index contributed by atoms with van der Waals surface area (Å²) in [5.41, 5.74) is 6.80. The molecule has 4 heteroatoms. The molecular formula is C14H21BrN2O. The first-order chi connectivity index (χ1) is 8.79. The Hall–Kier alpha value is -0.450. The number of nitrogens with zero attached hydrogens (tertiary/aromatic N) is 1. The van der Waals surface area contributed by atoms with Gasteiger partial charge in [0, 0.05) is 10.7 Å². The van der Waals surface area contributed by atoms with Crippen molar-refractivity contribution >= 4 is 15.9 Å². The summed E-state index contributed by atoms with van der Waals surface area (Å²) in [6, 6.07) is 3.99. The highest BCUT2D eigenvalue weighted by Gasteiger charge is 2.23. The number of hydrogen-bond donors (Lipinski definition) is 1. The van der Waals surface area contributed by atoms with E-state index in [-0.39, 0.29) is 0 Å². The Morgan fingerprint density at radius 3 is 2.72 bits per heavy atom. The van der Waals surface area contributed by atoms with Gasteiger partial charge in [-0.1, -0.05) is 12.8 Å². The maximum absolute atomic E-state index is 5.82. The Kier molecular flexibility index (Phi) is 5.60. The van der Waals surface area contributed by atoms with E-state index in [0.29, 0.717) is 18.4 Å². The zero-order valence-electron chi connectivity index (χ0n) is 10.6. The zero-order valence-corrected chi connectivity index (χ0v) is 12.2. The van der Waals surface area contributed by atoms with Crippen molar-refractivity contribution < 1.29 is 4.74 Å². The molecule has 100 valence electrons. The van der Waals surface area contributed by atoms with Crippen LogP contribution in [0.1, 0.15) is 31.4 Å². The van der Waals surface area contributed by atoms with E-state index < -0.39 is 0 Å². The summed E-state index contributed by atoms with van der Waals surface area (Å²) in [5, 5.41) is 0. The van der Waals surface area contributed by atoms with Crippen LogP contribution < -0.4 is 5.73 Å². The Morgan fingerprint density at radius 2 is 2.06 bits per heavy atom. The van der Waals surface area contributed by atoms with Gasteiger partial charge in [0.2, 0.25) is 0 Å². The molecule has 2 unspecified atom stereocenters. The van der Waals surface area contributed by atoms with Crippen LogP contribution in [0.5, 0.6) is 0 Å². The fourth-order valence-electron chi connectivity index (χ4n) is 2.62. The second-order valence-electron chi connectivity index (χ2n) is 5.02. The zero-order chi connectivity index (χ0) is 12.8. The van der Waals surface area contributed by atoms with Crippen molar-refractivity contribution in [2.45, 2.75) is 32.3 Å². The van der Waals surface area contributed by atoms with E-state index in [9.17, 15) is 0 Å². The minimum atomic E-state index is 0.598. The molecule has 2 rings (SSSR count). The standard InChI is InChI=1S/C14H21BrN2O/c15-13-5-6-14(17-8-13)10-18-9-12-4-2-1-3-11(12)7-16/h5-6,8,11-12H,1-4,7,9-10,16H2. The first-order valence-corrected chi connectivity index (χ1v) is 7.47. The monoisotopic (exact) mass is 312 g/mol. The molecule has 1 aromatic rings. The minimum Gasteiger partial charge on any atom is -0.375 e. The normalized spacial score (nSPS) is 24.1. The maximum atomic E-state index is 5.82. The van der Waals surface area contributed by atoms with Gasteiger partial charge in [0.1, 0.15) is 0 Å². The highest BCUT2D eigenvalue weighted by atomic mass is 79.9. The van der Waals surface area contributed by atoms with Crippen molar-refractivity contribution in [3.63, 3.8) is 0 Å². The van der Waals surface area contributed by atoms with Gasteiger partial charge >= 0.3 is 0 Å². The number of hydrogen-bond acceptors (Lipinski definition) is 3. The summed E-state index contributed by atoms with van der Waals surface area (Å²) < 4.78 is 6.80. The second-order valence-corrected chi connectivity index (χ2v) is 5.94. The Morgan fingerprint density at radius 1 is 1.28 bits per heavy atom. The summed E-state index contributed by atoms with van der Waals surface area (Å²) in [6.07, 6.45) is 6.98. The van der Waals surface area contributed by atoms with Crippen LogP contribution in [0.15, 0.2) is 22.8 Å². The van der Waals surface area contributed by atoms with Gasteiger partial charge in [0.15, 0.2) is 0 Å². The molecule has 1 aliphatic carbocycles. The van der Waals surface area contributed by atoms with E-state index in [1.165, 1.54) is 25.7 Å². The van der Waals surface area contributed by atoms with Crippen molar-refractivity contribution in [2.75, 3.05) is 13.2 Å². The summed E-state index contributed by atoms with van der Waals surface area (Å²) >= 11 is 3.38. The predicted molar refractivity (Wildman–Crippen MR) is 76.1 cm³/mol. The fraction of sp³-hybridized carbons (Fsp3) is 0.643. The SMILES string of the molecule is NCC1CCCCC1COCc1ccc(Br)cn1. The largest absolute Gasteiger partial charge is 0.375 e. The Labute approximate surface area is 117 Å². The van der Waals surface area contributed by atoms with Gasteiger partial charge in [-0.25, -0.2) is 0 Å². The van der Waals surface area contributed by atoms with E-state index in [4.69, 9.17) is 10.5 Å². The molecule has 0 saturated heterocycles. The van der Waals surface area contributed by atoms with Crippen molar-refractivity contribution in [3.05, 3.63) is 28.5 Å². The summed E-state index contributed by atoms with van der Waals surface area (Å²) in [5.74, 6) is 1.29. The number of pyridine rings is 1. The molecule has 0 amide bonds. The molecule has 0 aromatic carbocycles. The molecule has 2 N–H and O–H groups in total. The third-order valence-electron chi connectivity index (χ3n) is 3.74. The molecule has 1 heterocycles. The number of halogens is 1. The lowest BCUT2D eigenvalue weighted by Gasteiger charge is -2.30. The molecule has 0 aliphatic heterocycles. The van der Waals surface area contributed by atoms with E-state index >= 15 is 0 Å². The molecule has 0 bridgehead atoms. The molecule has 1 saturated carbocycles. The summed E-state index contributed by atoms with van der Waals surface area (Å²) in [4.78, 5) is 4.30. The third kappa shape index (κ3) is 4.04. The summed E-state index contributed by atoms with van der Waals surface area (Å²) in [6.45, 7) is 2.21. The van der Waals surface area contributed by atoms with Crippen LogP contribution >= 0.6 is 15.9 Å². The maximum Gasteiger partial charge on any atom is 0.0887 e. The van der Waals surface area contributed by atoms with Crippen molar-refractivity contribution in [3.8, 4) is 0 Å². The highest BCUT2D eigenvalue weighted by Crippen LogP contribution is 2.29. The fourth-order valence-corrected chi connectivity index (χ4v) is 2.86. The van der Waals surface area contributed by atoms with Gasteiger partial charge in [-0.3, -0.25) is 4.98 Å². The predicted octanol–water partition coefficient (Wildman–Crippen LogP) is 3.13. The van der Waals surface area contributed by atoms with Crippen LogP contribution in [0, 0.1) is 11.8 Å². The molecule has 18 heavy (non-hydrogen) atoms. The first kappa shape index (κ1) is 14.0. The van der Waals surface area contributed by atoms with Gasteiger partial charge in [0.25, 0.3) is 0 Å². The van der Waals surface area contributed by atoms with Gasteiger partial charge < -0.3 is 10.5 Å². The number of nitrogens with two attached hydrogens (primary N) is 1. The van der Waals surface area contributed by atoms with Crippen LogP contribution in [-0.2, 0) is 11.3 Å². The van der Waals surface area contributed by atoms with Gasteiger partial charge in [-0.05, 0) is 59.3 Å². The number of aromatic nitrogens is 1. The van der Waals surface area contributed by atoms with E-state index in [1.54, 1.807) is 0 Å². The molecule has 1 aliphatic rings. The quantitative estimate of drug-likeness (QED) is 0.908. The average molecular weight is 313 g/mol. The van der Waals surface area contributed by atoms with Crippen LogP contribution in [0.4, 0.5) is 0 Å². The molecular weight excluding hydrogens is 292 g/mol. The van der Waals surface area contributed by atoms with Crippen LogP contribution in [0.2, 0.25) is 0 Å². The lowest BCUT2D eigenvalue weighted by atomic mass is 9.80. The highest BCUT2D eigenvalue weighted by molar-refractivity contribution is 9.10. The lowest BCUT2D eigenvalue weighted by Crippen LogP contribution is -2.29. The Balaban J connectivity index is 1.75. The molecule has 1 aromatic heterocycles. The third-order valence-corrected chi connectivity index (χ3v) is 4.21. The molecule has 2 atom stereocenters. The van der Waals surface area contributed by atoms with Crippen LogP contribution in [-0.4, -0.2) is 18.1 Å². The smallest absolute Gasteiger partial charge is 0.0887 e. The van der Waals surface area contributed by atoms with Crippen molar-refractivity contribution in [1.29, 1.82) is 0 Å². The van der Waals surface area contributed by atoms with Gasteiger partial charge in [-0.2, -0.15) is 0 Å². The number of ether oxygens (including phenoxy) is 1. The topological polar surface area (TPSA) is 48.1 Å². The van der Waals surface area contributed by atoms with Crippen molar-refractivity contribution in [2.24, 2.45) is 17.6 Å². The average Bonchev–Trinajstić information content (AvgIpc) is 2.41. The Bertz CT molecular complexity index is 355. The molecule has 0 spiro atoms. The van der Waals surface area contributed by atoms with Gasteiger partial charge in [0.05, 0.1) is 18.9 Å². The van der Waals surface area contributed by atoms with E-state index in [2.05, 4.69) is 20.9 Å². The van der Waals surface area contributed by atoms with E-state index in [1.807, 2.05) is 18.3 Å². The minimum absolute atomic E-state index is 0.598. The lowest BCUT2D eigenvalue weighted by molar-refractivity contribution is 0.0497. The van der Waals surface area contributed by atoms with Crippen molar-refractivity contribution in [1.82, 2.24) is 4.98 Å². The van der Waals surface area contributed by atoms with Gasteiger partial charge in [-0.15, -0.1) is 0 Å². The summed E-state index contributed by atoms with van der Waals surface area (Å²) in [7, 11) is 0. The first-order valence-electron chi connectivity index (χ1n) is 6.68.